The number of thioether (sulfide) groups is 2. The number of alkyl halides is 1. The van der Waals surface area contributed by atoms with Crippen molar-refractivity contribution >= 4 is 140 Å². The van der Waals surface area contributed by atoms with E-state index in [1.165, 1.54) is 340 Å². The van der Waals surface area contributed by atoms with Gasteiger partial charge in [0.2, 0.25) is 0 Å². The highest BCUT2D eigenvalue weighted by molar-refractivity contribution is 14.1. The number of hydrogen-bond acceptors (Lipinski definition) is 21. The first-order chi connectivity index (χ1) is 66.3. The van der Waals surface area contributed by atoms with Crippen LogP contribution in [0.5, 0.6) is 5.75 Å². The first-order valence-electron chi connectivity index (χ1n) is 55.1. The van der Waals surface area contributed by atoms with Gasteiger partial charge < -0.3 is 57.8 Å². The number of rotatable bonds is 40. The average molecular weight is 2250 g/mol. The second-order valence-electron chi connectivity index (χ2n) is 45.4. The fraction of sp³-hybridized carbons (Fsp3) is 0.833. The van der Waals surface area contributed by atoms with Crippen LogP contribution >= 0.6 is 92.9 Å². The maximum absolute atomic E-state index is 6.13. The second kappa shape index (κ2) is 62.2. The first kappa shape index (κ1) is 116. The van der Waals surface area contributed by atoms with Gasteiger partial charge in [0.05, 0.1) is 77.7 Å². The molecule has 137 heavy (non-hydrogen) atoms. The van der Waals surface area contributed by atoms with Crippen molar-refractivity contribution in [3.63, 3.8) is 0 Å². The first-order valence-corrected chi connectivity index (χ1v) is 71.5. The van der Waals surface area contributed by atoms with Gasteiger partial charge in [-0.1, -0.05) is 150 Å². The lowest BCUT2D eigenvalue weighted by Crippen LogP contribution is -2.50. The summed E-state index contributed by atoms with van der Waals surface area (Å²) in [5, 5.41) is 9.77. The van der Waals surface area contributed by atoms with Gasteiger partial charge in [-0.05, 0) is 341 Å². The van der Waals surface area contributed by atoms with E-state index in [2.05, 4.69) is 234 Å². The number of thiol groups is 1. The lowest BCUT2D eigenvalue weighted by molar-refractivity contribution is 0.0731. The summed E-state index contributed by atoms with van der Waals surface area (Å²) in [5.74, 6) is 15.0. The molecule has 12 bridgehead atoms. The van der Waals surface area contributed by atoms with Crippen molar-refractivity contribution in [1.29, 1.82) is 0 Å². The standard InChI is InChI=1S/C20H37N3O2Si.C16H28IN3OSi.C16H26N2S.C15H24N2O.C15H24N2S.C11H15IN2.C6H15ClOSi.C5H12S.C4H8O/c1-5-6-11-25-19-15-23(16-24-12-13-26(2,3)4)21-20(19)18-14-22-9-7-17(18)8-10-22;1-22(2,3)9-8-21-12-20-11-15(17)16(18-20)14-10-19-6-4-13(14)5-7-19;1-2-3-4-11-19-15-5-8-17-16(15)14-12-18-9-6-13(14)7-10-18;2*1-2-3-10-18-14-4-7-16-15(14)13-11-17-8-5-12(13)6-9-17;12-10-1-4-13-11(10)9-7-14-5-2-8(9)3-6-14;1-9(2,3)5-4-8-6-7;1-2-3-4-5-6;1-2-4-5-3-1/h15,17-18H,5-14,16H2,1-4H3;11,13-14H,4-10,12H2,1-3H3;5,13-14H,2-4,6-12H2,1H3;2*4,12-13H,2-3,5-11H2,1H3;1,8-9H,2-7H2;4-6H2,1-3H3;6H,2-5H2,1H3;1-4H2. The quantitative estimate of drug-likeness (QED) is 0.0220. The molecule has 6 atom stereocenters. The van der Waals surface area contributed by atoms with Gasteiger partial charge in [-0.3, -0.25) is 20.0 Å². The molecule has 0 aromatic carbocycles. The van der Waals surface area contributed by atoms with E-state index in [1.807, 2.05) is 21.1 Å². The summed E-state index contributed by atoms with van der Waals surface area (Å²) < 4.78 is 40.4. The van der Waals surface area contributed by atoms with Gasteiger partial charge in [-0.2, -0.15) is 22.8 Å². The van der Waals surface area contributed by atoms with Gasteiger partial charge in [0.1, 0.15) is 31.0 Å². The topological polar surface area (TPSA) is 160 Å². The van der Waals surface area contributed by atoms with E-state index in [9.17, 15) is 0 Å². The second-order valence-corrected chi connectivity index (χ2v) is 67.5. The summed E-state index contributed by atoms with van der Waals surface area (Å²) in [6.07, 6.45) is 47.5. The number of allylic oxidation sites excluding steroid dienone is 4. The van der Waals surface area contributed by atoms with Crippen LogP contribution in [0.25, 0.3) is 0 Å². The fourth-order valence-corrected chi connectivity index (χ4v) is 28.9. The van der Waals surface area contributed by atoms with Crippen molar-refractivity contribution in [2.45, 2.75) is 304 Å². The van der Waals surface area contributed by atoms with Crippen LogP contribution in [0.15, 0.2) is 75.8 Å². The minimum Gasteiger partial charge on any atom is -0.492 e. The normalized spacial score (nSPS) is 29.4. The van der Waals surface area contributed by atoms with Gasteiger partial charge in [0.25, 0.3) is 0 Å². The summed E-state index contributed by atoms with van der Waals surface area (Å²) in [5.41, 5.74) is 8.11. The largest absolute Gasteiger partial charge is 0.492 e. The predicted molar refractivity (Wildman–Crippen MR) is 614 cm³/mol. The Morgan fingerprint density at radius 2 is 0.745 bits per heavy atom. The van der Waals surface area contributed by atoms with Crippen molar-refractivity contribution in [3.05, 3.63) is 70.8 Å². The number of fused-ring (bicyclic) bond motifs is 18. The van der Waals surface area contributed by atoms with Crippen LogP contribution in [-0.2, 0) is 37.1 Å². The molecule has 25 heterocycles. The number of piperidine rings is 18. The Balaban J connectivity index is 0.000000152. The monoisotopic (exact) mass is 2250 g/mol. The third kappa shape index (κ3) is 39.3. The van der Waals surface area contributed by atoms with E-state index in [0.717, 1.165) is 169 Å². The van der Waals surface area contributed by atoms with E-state index in [1.54, 1.807) is 0 Å². The molecular formula is C108H189ClI2N14O6S3Si3. The zero-order valence-corrected chi connectivity index (χ0v) is 98.9. The lowest BCUT2D eigenvalue weighted by Gasteiger charge is -2.45. The minimum atomic E-state index is -1.04. The Morgan fingerprint density at radius 1 is 0.394 bits per heavy atom. The van der Waals surface area contributed by atoms with Crippen LogP contribution in [-0.4, -0.2) is 310 Å². The molecule has 0 saturated carbocycles. The van der Waals surface area contributed by atoms with Crippen LogP contribution < -0.4 is 4.74 Å². The van der Waals surface area contributed by atoms with E-state index < -0.39 is 24.2 Å². The van der Waals surface area contributed by atoms with Crippen LogP contribution in [0.2, 0.25) is 77.1 Å². The van der Waals surface area contributed by atoms with E-state index in [0.29, 0.717) is 37.3 Å². The fourth-order valence-electron chi connectivity index (χ4n) is 22.3. The van der Waals surface area contributed by atoms with Crippen LogP contribution in [0, 0.1) is 62.7 Å². The summed E-state index contributed by atoms with van der Waals surface area (Å²) in [4.78, 5) is 37.7. The number of hydrogen-bond donors (Lipinski definition) is 1. The Kier molecular flexibility index (Phi) is 52.7. The number of unbranched alkanes of at least 4 members (excludes halogenated alkanes) is 7. The molecule has 0 spiro atoms. The zero-order chi connectivity index (χ0) is 97.4. The number of nitrogens with zero attached hydrogens (tertiary/aromatic N) is 14. The maximum atomic E-state index is 6.13. The zero-order valence-electron chi connectivity index (χ0n) is 88.3. The number of aliphatic imine (C=N–C) groups is 4. The highest BCUT2D eigenvalue weighted by Gasteiger charge is 2.45. The van der Waals surface area contributed by atoms with Gasteiger partial charge in [-0.15, -0.1) is 23.5 Å². The summed E-state index contributed by atoms with van der Waals surface area (Å²) in [6, 6.07) is 3.96. The minimum absolute atomic E-state index is 0.338. The van der Waals surface area contributed by atoms with E-state index in [4.69, 9.17) is 65.2 Å². The smallest absolute Gasteiger partial charge is 0.160 e. The molecule has 25 rings (SSSR count). The van der Waals surface area contributed by atoms with Crippen molar-refractivity contribution < 1.29 is 28.4 Å². The van der Waals surface area contributed by atoms with E-state index in [-0.39, 0.29) is 0 Å². The molecule has 20 nitrogen and oxygen atoms in total. The summed E-state index contributed by atoms with van der Waals surface area (Å²) in [7, 11) is -2.92. The molecule has 6 unspecified atom stereocenters. The molecular weight excluding hydrogens is 2060 g/mol. The van der Waals surface area contributed by atoms with Gasteiger partial charge in [0, 0.05) is 152 Å². The third-order valence-corrected chi connectivity index (χ3v) is 40.8. The highest BCUT2D eigenvalue weighted by atomic mass is 127. The molecule has 0 N–H and O–H groups in total. The summed E-state index contributed by atoms with van der Waals surface area (Å²) >= 11 is 18.4. The van der Waals surface area contributed by atoms with Gasteiger partial charge in [0.15, 0.2) is 5.75 Å². The molecule has 778 valence electrons. The molecule has 29 heteroatoms. The maximum Gasteiger partial charge on any atom is 0.160 e. The molecule has 2 aromatic rings. The number of ether oxygens (including phenoxy) is 6. The molecule has 0 aliphatic carbocycles. The molecule has 23 aliphatic heterocycles. The Morgan fingerprint density at radius 3 is 1.12 bits per heavy atom. The molecule has 0 radical (unpaired) electrons. The van der Waals surface area contributed by atoms with Crippen LogP contribution in [0.4, 0.5) is 0 Å². The molecule has 2 aromatic heterocycles. The predicted octanol–water partition coefficient (Wildman–Crippen LogP) is 24.6. The highest BCUT2D eigenvalue weighted by Crippen LogP contribution is 2.46. The Labute approximate surface area is 882 Å². The Bertz CT molecular complexity index is 3950. The van der Waals surface area contributed by atoms with Crippen LogP contribution in [0.3, 0.4) is 0 Å². The van der Waals surface area contributed by atoms with Crippen molar-refractivity contribution in [2.75, 3.05) is 214 Å². The van der Waals surface area contributed by atoms with Crippen molar-refractivity contribution in [2.24, 2.45) is 79.1 Å². The third-order valence-electron chi connectivity index (χ3n) is 31.1. The summed E-state index contributed by atoms with van der Waals surface area (Å²) in [6.45, 7) is 66.4. The lowest BCUT2D eigenvalue weighted by atomic mass is 9.76. The molecule has 0 amide bonds. The van der Waals surface area contributed by atoms with Crippen LogP contribution in [0.1, 0.15) is 225 Å². The molecule has 19 fully saturated rings. The SMILES string of the molecule is C1CCOC1.CCCCCS.CCCCCSC1=CCN=C1C1CN2CCC1CC2.CCCCOC1=CCN=C1C1CN2CCC1CC2.CCCCOc1cn(COCC[Si](C)(C)C)nc1C1CN2CCC1CC2.CCCCSC1=CCN=C1C1CN2CCC1CC2.C[Si](C)(C)CCOCCl.C[Si](C)(C)CCOCn1cc(I)c(C2CN3CCC2CC3)n1.IC1=CCN=C1C1CN2CCC1CC2. The van der Waals surface area contributed by atoms with Gasteiger partial charge >= 0.3 is 0 Å². The molecule has 23 aliphatic rings. The number of halogens is 3. The van der Waals surface area contributed by atoms with Crippen molar-refractivity contribution in [1.82, 2.24) is 49.0 Å². The average Bonchev–Trinajstić information content (AvgIpc) is 1.64. The van der Waals surface area contributed by atoms with E-state index >= 15 is 0 Å². The van der Waals surface area contributed by atoms with Crippen molar-refractivity contribution in [3.8, 4) is 5.75 Å². The van der Waals surface area contributed by atoms with Gasteiger partial charge in [-0.25, -0.2) is 9.36 Å². The molecule has 19 saturated heterocycles. The number of aromatic nitrogens is 4. The Hall–Kier alpha value is -1.29.